The normalized spacial score (nSPS) is 16.1. The van der Waals surface area contributed by atoms with Crippen LogP contribution in [0.3, 0.4) is 0 Å². The number of rotatable bonds is 3. The van der Waals surface area contributed by atoms with Crippen molar-refractivity contribution in [2.24, 2.45) is 5.92 Å². The molecule has 1 amide bonds. The molecule has 0 bridgehead atoms. The van der Waals surface area contributed by atoms with Crippen LogP contribution in [0.25, 0.3) is 0 Å². The van der Waals surface area contributed by atoms with Gasteiger partial charge in [-0.2, -0.15) is 5.26 Å². The monoisotopic (exact) mass is 354 g/mol. The summed E-state index contributed by atoms with van der Waals surface area (Å²) in [6.45, 7) is 3.99. The van der Waals surface area contributed by atoms with E-state index in [9.17, 15) is 10.1 Å². The first-order chi connectivity index (χ1) is 9.54. The van der Waals surface area contributed by atoms with Crippen LogP contribution in [0.1, 0.15) is 49.1 Å². The largest absolute Gasteiger partial charge is 0.316 e. The number of thiophene rings is 1. The van der Waals surface area contributed by atoms with Crippen LogP contribution in [-0.2, 0) is 17.6 Å². The minimum atomic E-state index is -0.226. The zero-order chi connectivity index (χ0) is 14.7. The van der Waals surface area contributed by atoms with Gasteiger partial charge in [-0.15, -0.1) is 11.3 Å². The van der Waals surface area contributed by atoms with E-state index in [1.807, 2.05) is 13.8 Å². The van der Waals surface area contributed by atoms with Crippen LogP contribution in [-0.4, -0.2) is 10.7 Å². The van der Waals surface area contributed by atoms with E-state index in [2.05, 4.69) is 27.3 Å². The first-order valence-corrected chi connectivity index (χ1v) is 8.77. The van der Waals surface area contributed by atoms with Crippen molar-refractivity contribution in [2.75, 3.05) is 5.32 Å². The Morgan fingerprint density at radius 1 is 1.35 bits per heavy atom. The summed E-state index contributed by atoms with van der Waals surface area (Å²) in [4.78, 5) is 13.2. The third kappa shape index (κ3) is 3.24. The van der Waals surface area contributed by atoms with Crippen molar-refractivity contribution in [3.63, 3.8) is 0 Å². The zero-order valence-corrected chi connectivity index (χ0v) is 14.2. The number of carbonyl (C=O) groups excluding carboxylic acids is 1. The molecule has 0 fully saturated rings. The number of halogens is 1. The Labute approximate surface area is 132 Å². The van der Waals surface area contributed by atoms with Crippen molar-refractivity contribution in [1.82, 2.24) is 0 Å². The highest BCUT2D eigenvalue weighted by Gasteiger charge is 2.24. The number of carbonyl (C=O) groups is 1. The van der Waals surface area contributed by atoms with Crippen LogP contribution in [0, 0.1) is 17.2 Å². The molecular weight excluding hydrogens is 336 g/mol. The van der Waals surface area contributed by atoms with E-state index in [1.54, 1.807) is 11.3 Å². The molecule has 1 unspecified atom stereocenters. The molecular formula is C15H19BrN2OS. The second-order valence-corrected chi connectivity index (χ2v) is 7.61. The first-order valence-electron chi connectivity index (χ1n) is 7.04. The maximum Gasteiger partial charge on any atom is 0.239 e. The fourth-order valence-corrected chi connectivity index (χ4v) is 3.79. The third-order valence-electron chi connectivity index (χ3n) is 3.61. The fraction of sp³-hybridized carbons (Fsp3) is 0.600. The number of hydrogen-bond acceptors (Lipinski definition) is 3. The lowest BCUT2D eigenvalue weighted by Gasteiger charge is -2.13. The summed E-state index contributed by atoms with van der Waals surface area (Å²) >= 11 is 4.99. The zero-order valence-electron chi connectivity index (χ0n) is 11.8. The maximum absolute atomic E-state index is 12.1. The van der Waals surface area contributed by atoms with E-state index in [0.29, 0.717) is 5.56 Å². The molecule has 1 aromatic heterocycles. The number of nitrogens with one attached hydrogen (secondary N) is 1. The van der Waals surface area contributed by atoms with Gasteiger partial charge in [0.2, 0.25) is 5.91 Å². The average molecular weight is 355 g/mol. The number of nitriles is 1. The van der Waals surface area contributed by atoms with Gasteiger partial charge in [0.15, 0.2) is 0 Å². The highest BCUT2D eigenvalue weighted by Crippen LogP contribution is 2.37. The van der Waals surface area contributed by atoms with E-state index >= 15 is 0 Å². The van der Waals surface area contributed by atoms with Gasteiger partial charge in [-0.25, -0.2) is 0 Å². The van der Waals surface area contributed by atoms with Crippen LogP contribution in [0.4, 0.5) is 5.00 Å². The van der Waals surface area contributed by atoms with Crippen molar-refractivity contribution >= 4 is 38.2 Å². The summed E-state index contributed by atoms with van der Waals surface area (Å²) < 4.78 is 0. The number of nitrogens with zero attached hydrogens (tertiary/aromatic N) is 1. The number of alkyl halides is 1. The molecule has 0 spiro atoms. The molecule has 1 aliphatic rings. The van der Waals surface area contributed by atoms with Gasteiger partial charge in [0.25, 0.3) is 0 Å². The molecule has 3 nitrogen and oxygen atoms in total. The topological polar surface area (TPSA) is 52.9 Å². The Morgan fingerprint density at radius 2 is 2.05 bits per heavy atom. The summed E-state index contributed by atoms with van der Waals surface area (Å²) in [5.74, 6) is 0.159. The Bertz CT molecular complexity index is 545. The molecule has 1 aromatic rings. The summed E-state index contributed by atoms with van der Waals surface area (Å²) in [6.07, 6.45) is 5.54. The lowest BCUT2D eigenvalue weighted by atomic mass is 10.1. The average Bonchev–Trinajstić information content (AvgIpc) is 2.59. The van der Waals surface area contributed by atoms with E-state index in [4.69, 9.17) is 0 Å². The highest BCUT2D eigenvalue weighted by atomic mass is 79.9. The van der Waals surface area contributed by atoms with Gasteiger partial charge in [-0.05, 0) is 37.2 Å². The van der Waals surface area contributed by atoms with E-state index < -0.39 is 0 Å². The molecule has 1 N–H and O–H groups in total. The van der Waals surface area contributed by atoms with Crippen molar-refractivity contribution in [2.45, 2.75) is 50.8 Å². The predicted octanol–water partition coefficient (Wildman–Crippen LogP) is 4.25. The number of anilines is 1. The van der Waals surface area contributed by atoms with Gasteiger partial charge in [0, 0.05) is 4.88 Å². The van der Waals surface area contributed by atoms with E-state index in [0.717, 1.165) is 24.3 Å². The van der Waals surface area contributed by atoms with Crippen LogP contribution in [0.5, 0.6) is 0 Å². The number of amides is 1. The lowest BCUT2D eigenvalue weighted by molar-refractivity contribution is -0.116. The number of fused-ring (bicyclic) bond motifs is 1. The number of aryl methyl sites for hydroxylation is 1. The smallest absolute Gasteiger partial charge is 0.239 e. The van der Waals surface area contributed by atoms with Crippen molar-refractivity contribution in [1.29, 1.82) is 5.26 Å². The molecule has 1 aliphatic carbocycles. The van der Waals surface area contributed by atoms with Gasteiger partial charge >= 0.3 is 0 Å². The van der Waals surface area contributed by atoms with E-state index in [1.165, 1.54) is 23.3 Å². The van der Waals surface area contributed by atoms with Crippen LogP contribution < -0.4 is 5.32 Å². The van der Waals surface area contributed by atoms with Crippen molar-refractivity contribution < 1.29 is 4.79 Å². The second kappa shape index (κ2) is 6.73. The number of hydrogen-bond donors (Lipinski definition) is 1. The third-order valence-corrected chi connectivity index (χ3v) is 6.29. The molecule has 0 saturated carbocycles. The van der Waals surface area contributed by atoms with E-state index in [-0.39, 0.29) is 16.7 Å². The van der Waals surface area contributed by atoms with Crippen molar-refractivity contribution in [3.8, 4) is 6.07 Å². The summed E-state index contributed by atoms with van der Waals surface area (Å²) in [6, 6.07) is 2.29. The quantitative estimate of drug-likeness (QED) is 0.651. The second-order valence-electron chi connectivity index (χ2n) is 5.52. The van der Waals surface area contributed by atoms with Gasteiger partial charge < -0.3 is 5.32 Å². The van der Waals surface area contributed by atoms with Gasteiger partial charge in [0.05, 0.1) is 10.4 Å². The SMILES string of the molecule is CC(C)C(Br)C(=O)Nc1sc2c(c1C#N)CCCCC2. The fourth-order valence-electron chi connectivity index (χ4n) is 2.43. The minimum absolute atomic E-state index is 0.0621. The Hall–Kier alpha value is -0.860. The summed E-state index contributed by atoms with van der Waals surface area (Å²) in [7, 11) is 0. The molecule has 1 atom stereocenters. The molecule has 0 radical (unpaired) electrons. The molecule has 20 heavy (non-hydrogen) atoms. The van der Waals surface area contributed by atoms with Gasteiger partial charge in [-0.3, -0.25) is 4.79 Å². The maximum atomic E-state index is 12.1. The Morgan fingerprint density at radius 3 is 2.70 bits per heavy atom. The van der Waals surface area contributed by atoms with Crippen LogP contribution in [0.15, 0.2) is 0 Å². The molecule has 108 valence electrons. The molecule has 0 aliphatic heterocycles. The Balaban J connectivity index is 2.25. The molecule has 0 aromatic carbocycles. The predicted molar refractivity (Wildman–Crippen MR) is 86.5 cm³/mol. The molecule has 2 rings (SSSR count). The minimum Gasteiger partial charge on any atom is -0.316 e. The van der Waals surface area contributed by atoms with Crippen molar-refractivity contribution in [3.05, 3.63) is 16.0 Å². The van der Waals surface area contributed by atoms with Gasteiger partial charge in [-0.1, -0.05) is 36.2 Å². The summed E-state index contributed by atoms with van der Waals surface area (Å²) in [5.41, 5.74) is 1.85. The first kappa shape index (κ1) is 15.5. The van der Waals surface area contributed by atoms with Gasteiger partial charge in [0.1, 0.15) is 11.1 Å². The van der Waals surface area contributed by atoms with Crippen LogP contribution in [0.2, 0.25) is 0 Å². The molecule has 0 saturated heterocycles. The standard InChI is InChI=1S/C15H19BrN2OS/c1-9(2)13(16)14(19)18-15-11(8-17)10-6-4-3-5-7-12(10)20-15/h9,13H,3-7H2,1-2H3,(H,18,19). The lowest BCUT2D eigenvalue weighted by Crippen LogP contribution is -2.26. The molecule has 1 heterocycles. The van der Waals surface area contributed by atoms with Crippen LogP contribution >= 0.6 is 27.3 Å². The highest BCUT2D eigenvalue weighted by molar-refractivity contribution is 9.10. The Kier molecular flexibility index (Phi) is 5.22. The molecule has 5 heteroatoms. The summed E-state index contributed by atoms with van der Waals surface area (Å²) in [5, 5.41) is 13.1.